The van der Waals surface area contributed by atoms with Crippen LogP contribution in [0.25, 0.3) is 0 Å². The molecule has 0 spiro atoms. The van der Waals surface area contributed by atoms with E-state index in [0.29, 0.717) is 18.8 Å². The molecule has 13 heteroatoms. The van der Waals surface area contributed by atoms with Crippen LogP contribution in [0.5, 0.6) is 5.75 Å². The molecule has 2 N–H and O–H groups in total. The van der Waals surface area contributed by atoms with E-state index in [0.717, 1.165) is 12.6 Å². The van der Waals surface area contributed by atoms with Crippen LogP contribution in [0.2, 0.25) is 0 Å². The van der Waals surface area contributed by atoms with Crippen LogP contribution < -0.4 is 34.5 Å². The van der Waals surface area contributed by atoms with Crippen LogP contribution in [-0.4, -0.2) is 46.8 Å². The van der Waals surface area contributed by atoms with E-state index in [2.05, 4.69) is 15.2 Å². The number of aromatic nitrogens is 1. The molecular formula is C17H22N5NaO6S. The third-order valence-corrected chi connectivity index (χ3v) is 4.66. The van der Waals surface area contributed by atoms with Crippen molar-refractivity contribution >= 4 is 33.0 Å². The number of nitro groups is 1. The molecule has 0 radical (unpaired) electrons. The number of aromatic hydroxyl groups is 1. The fraction of sp³-hybridized carbons (Fsp3) is 0.353. The molecule has 0 unspecified atom stereocenters. The van der Waals surface area contributed by atoms with Gasteiger partial charge in [-0.05, 0) is 31.0 Å². The number of azo groups is 1. The van der Waals surface area contributed by atoms with Crippen LogP contribution >= 0.6 is 0 Å². The van der Waals surface area contributed by atoms with Crippen LogP contribution in [0.4, 0.5) is 22.9 Å². The Kier molecular flexibility index (Phi) is 10.3. The standard InChI is InChI=1S/C17H21N5O6S.Na.H/c1-2-8-21(9-3-10-29(26,27)28)13-4-6-15(16(23)11-13)19-20-17-7-5-14(12-18-17)22(24)25;;/h4-7,11-12,23H,2-3,8-10H2,1H3,(H,26,27,28);;/q;+1;-1. The molecule has 0 aliphatic carbocycles. The Balaban J connectivity index is 0.00000450. The Morgan fingerprint density at radius 2 is 1.97 bits per heavy atom. The minimum atomic E-state index is -4.02. The van der Waals surface area contributed by atoms with Crippen LogP contribution in [0.3, 0.4) is 0 Å². The van der Waals surface area contributed by atoms with Crippen LogP contribution in [0.15, 0.2) is 46.8 Å². The van der Waals surface area contributed by atoms with Crippen LogP contribution in [0, 0.1) is 10.1 Å². The number of anilines is 1. The van der Waals surface area contributed by atoms with Crippen LogP contribution in [-0.2, 0) is 10.1 Å². The maximum absolute atomic E-state index is 10.9. The smallest absolute Gasteiger partial charge is 1.00 e. The van der Waals surface area contributed by atoms with E-state index in [1.54, 1.807) is 12.1 Å². The van der Waals surface area contributed by atoms with Gasteiger partial charge in [0.1, 0.15) is 17.6 Å². The largest absolute Gasteiger partial charge is 1.00 e. The molecule has 11 nitrogen and oxygen atoms in total. The third-order valence-electron chi connectivity index (χ3n) is 3.85. The monoisotopic (exact) mass is 447 g/mol. The number of pyridine rings is 1. The molecule has 1 aromatic heterocycles. The molecule has 0 saturated carbocycles. The average molecular weight is 447 g/mol. The van der Waals surface area contributed by atoms with Crippen molar-refractivity contribution in [2.75, 3.05) is 23.7 Å². The summed E-state index contributed by atoms with van der Waals surface area (Å²) in [6.45, 7) is 2.99. The van der Waals surface area contributed by atoms with Crippen molar-refractivity contribution in [2.45, 2.75) is 19.8 Å². The van der Waals surface area contributed by atoms with Gasteiger partial charge in [-0.25, -0.2) is 4.98 Å². The molecule has 0 saturated heterocycles. The van der Waals surface area contributed by atoms with Crippen molar-refractivity contribution in [1.82, 2.24) is 4.98 Å². The van der Waals surface area contributed by atoms with Gasteiger partial charge in [0.2, 0.25) is 0 Å². The summed E-state index contributed by atoms with van der Waals surface area (Å²) in [5.41, 5.74) is 0.691. The molecule has 0 aliphatic heterocycles. The van der Waals surface area contributed by atoms with Crippen molar-refractivity contribution in [3.63, 3.8) is 0 Å². The number of rotatable bonds is 10. The van der Waals surface area contributed by atoms with E-state index in [1.165, 1.54) is 18.2 Å². The first-order valence-electron chi connectivity index (χ1n) is 8.75. The fourth-order valence-electron chi connectivity index (χ4n) is 2.52. The van der Waals surface area contributed by atoms with Crippen LogP contribution in [0.1, 0.15) is 21.2 Å². The molecule has 2 aromatic rings. The minimum absolute atomic E-state index is 0. The summed E-state index contributed by atoms with van der Waals surface area (Å²) < 4.78 is 30.6. The van der Waals surface area contributed by atoms with Crippen molar-refractivity contribution in [3.05, 3.63) is 46.6 Å². The zero-order valence-electron chi connectivity index (χ0n) is 17.7. The second-order valence-corrected chi connectivity index (χ2v) is 7.70. The summed E-state index contributed by atoms with van der Waals surface area (Å²) in [5.74, 6) is -0.325. The molecule has 0 bridgehead atoms. The van der Waals surface area contributed by atoms with Crippen molar-refractivity contribution in [3.8, 4) is 5.75 Å². The Hall–Kier alpha value is -2.12. The minimum Gasteiger partial charge on any atom is -1.00 e. The normalized spacial score (nSPS) is 11.3. The molecule has 2 rings (SSSR count). The summed E-state index contributed by atoms with van der Waals surface area (Å²) in [7, 11) is -4.02. The fourth-order valence-corrected chi connectivity index (χ4v) is 3.02. The maximum atomic E-state index is 10.9. The molecule has 0 amide bonds. The van der Waals surface area contributed by atoms with Gasteiger partial charge in [-0.15, -0.1) is 10.2 Å². The number of nitrogens with zero attached hydrogens (tertiary/aromatic N) is 5. The van der Waals surface area contributed by atoms with Gasteiger partial charge >= 0.3 is 29.6 Å². The summed E-state index contributed by atoms with van der Waals surface area (Å²) in [6, 6.07) is 7.33. The van der Waals surface area contributed by atoms with Gasteiger partial charge in [-0.2, -0.15) is 8.42 Å². The number of hydrogen-bond acceptors (Lipinski definition) is 9. The number of hydrogen-bond donors (Lipinski definition) is 2. The molecular weight excluding hydrogens is 425 g/mol. The van der Waals surface area contributed by atoms with Gasteiger partial charge in [-0.1, -0.05) is 6.92 Å². The molecule has 1 aromatic carbocycles. The van der Waals surface area contributed by atoms with Gasteiger partial charge in [0, 0.05) is 30.9 Å². The van der Waals surface area contributed by atoms with E-state index in [1.807, 2.05) is 11.8 Å². The van der Waals surface area contributed by atoms with E-state index < -0.39 is 15.0 Å². The van der Waals surface area contributed by atoms with Gasteiger partial charge in [0.05, 0.1) is 10.7 Å². The first-order chi connectivity index (χ1) is 13.7. The van der Waals surface area contributed by atoms with Crippen molar-refractivity contribution in [2.24, 2.45) is 10.2 Å². The topological polar surface area (TPSA) is 159 Å². The van der Waals surface area contributed by atoms with E-state index in [4.69, 9.17) is 4.55 Å². The Bertz CT molecular complexity index is 991. The Labute approximate surface area is 197 Å². The first kappa shape index (κ1) is 25.9. The quantitative estimate of drug-likeness (QED) is 0.177. The Morgan fingerprint density at radius 3 is 2.50 bits per heavy atom. The number of phenols is 1. The van der Waals surface area contributed by atoms with Gasteiger partial charge in [-0.3, -0.25) is 14.7 Å². The summed E-state index contributed by atoms with van der Waals surface area (Å²) in [5, 5.41) is 28.6. The predicted molar refractivity (Wildman–Crippen MR) is 108 cm³/mol. The second kappa shape index (κ2) is 11.9. The van der Waals surface area contributed by atoms with Gasteiger partial charge in [0.25, 0.3) is 15.8 Å². The number of phenolic OH excluding ortho intramolecular Hbond substituents is 1. The van der Waals surface area contributed by atoms with E-state index >= 15 is 0 Å². The molecule has 0 atom stereocenters. The molecule has 0 fully saturated rings. The summed E-state index contributed by atoms with van der Waals surface area (Å²) >= 11 is 0. The van der Waals surface area contributed by atoms with E-state index in [-0.39, 0.29) is 66.1 Å². The summed E-state index contributed by atoms with van der Waals surface area (Å²) in [6.07, 6.45) is 2.11. The first-order valence-corrected chi connectivity index (χ1v) is 10.4. The molecule has 1 heterocycles. The zero-order chi connectivity index (χ0) is 21.4. The van der Waals surface area contributed by atoms with Gasteiger partial charge < -0.3 is 11.4 Å². The van der Waals surface area contributed by atoms with Crippen molar-refractivity contribution < 1.29 is 54.0 Å². The third kappa shape index (κ3) is 8.32. The zero-order valence-corrected chi connectivity index (χ0v) is 19.5. The maximum Gasteiger partial charge on any atom is 1.00 e. The molecule has 30 heavy (non-hydrogen) atoms. The summed E-state index contributed by atoms with van der Waals surface area (Å²) in [4.78, 5) is 15.7. The van der Waals surface area contributed by atoms with E-state index in [9.17, 15) is 23.6 Å². The second-order valence-electron chi connectivity index (χ2n) is 6.13. The Morgan fingerprint density at radius 1 is 1.23 bits per heavy atom. The average Bonchev–Trinajstić information content (AvgIpc) is 2.65. The van der Waals surface area contributed by atoms with Crippen molar-refractivity contribution in [1.29, 1.82) is 0 Å². The predicted octanol–water partition coefficient (Wildman–Crippen LogP) is 0.722. The number of benzene rings is 1. The van der Waals surface area contributed by atoms with Gasteiger partial charge in [0.15, 0.2) is 5.82 Å². The molecule has 158 valence electrons. The molecule has 0 aliphatic rings. The SMILES string of the molecule is CCCN(CCCS(=O)(=O)O)c1ccc(N=Nc2ccc([N+](=O)[O-])cn2)c(O)c1.[H-].[Na+].